The Morgan fingerprint density at radius 1 is 1.20 bits per heavy atom. The Morgan fingerprint density at radius 3 is 2.67 bits per heavy atom. The molecule has 154 valence electrons. The highest BCUT2D eigenvalue weighted by Gasteiger charge is 2.21. The second-order valence-corrected chi connectivity index (χ2v) is 7.64. The number of rotatable bonds is 8. The van der Waals surface area contributed by atoms with Gasteiger partial charge in [-0.25, -0.2) is 0 Å². The Balaban J connectivity index is 1.72. The summed E-state index contributed by atoms with van der Waals surface area (Å²) in [7, 11) is 1.55. The van der Waals surface area contributed by atoms with Gasteiger partial charge in [-0.1, -0.05) is 42.5 Å². The second kappa shape index (κ2) is 9.85. The predicted molar refractivity (Wildman–Crippen MR) is 115 cm³/mol. The lowest BCUT2D eigenvalue weighted by Gasteiger charge is -2.14. The smallest absolute Gasteiger partial charge is 0.243 e. The molecule has 30 heavy (non-hydrogen) atoms. The van der Waals surface area contributed by atoms with Crippen LogP contribution in [0.3, 0.4) is 0 Å². The molecule has 0 aliphatic rings. The number of aromatic nitrogens is 2. The molecule has 0 spiro atoms. The van der Waals surface area contributed by atoms with Crippen molar-refractivity contribution in [1.82, 2.24) is 10.2 Å². The number of para-hydroxylation sites is 1. The standard InChI is InChI=1S/C22H22N4O3S/c1-4-20-25-26-22(30-20)24-21(27)16(13-23)11-15-9-10-18(19(12-15)28-3)29-17-8-6-5-7-14(17)2/h5-10,12,16H,4,11H2,1-3H3,(H,24,26,27). The fraction of sp³-hybridized carbons (Fsp3) is 0.273. The topological polar surface area (TPSA) is 97.1 Å². The van der Waals surface area contributed by atoms with E-state index in [1.54, 1.807) is 19.2 Å². The molecule has 1 amide bonds. The van der Waals surface area contributed by atoms with Gasteiger partial charge in [-0.05, 0) is 49.1 Å². The Kier molecular flexibility index (Phi) is 6.99. The lowest BCUT2D eigenvalue weighted by molar-refractivity contribution is -0.118. The van der Waals surface area contributed by atoms with Crippen LogP contribution in [-0.2, 0) is 17.6 Å². The summed E-state index contributed by atoms with van der Waals surface area (Å²) in [6.07, 6.45) is 0.981. The van der Waals surface area contributed by atoms with Gasteiger partial charge in [0.2, 0.25) is 11.0 Å². The zero-order valence-corrected chi connectivity index (χ0v) is 17.8. The van der Waals surface area contributed by atoms with E-state index < -0.39 is 11.8 Å². The highest BCUT2D eigenvalue weighted by Crippen LogP contribution is 2.34. The van der Waals surface area contributed by atoms with Gasteiger partial charge in [-0.3, -0.25) is 10.1 Å². The monoisotopic (exact) mass is 422 g/mol. The fourth-order valence-corrected chi connectivity index (χ4v) is 3.47. The second-order valence-electron chi connectivity index (χ2n) is 6.58. The molecule has 0 radical (unpaired) electrons. The number of carbonyl (C=O) groups excluding carboxylic acids is 1. The number of hydrogen-bond donors (Lipinski definition) is 1. The zero-order chi connectivity index (χ0) is 21.5. The lowest BCUT2D eigenvalue weighted by atomic mass is 9.99. The van der Waals surface area contributed by atoms with Crippen molar-refractivity contribution in [1.29, 1.82) is 5.26 Å². The molecule has 3 rings (SSSR count). The van der Waals surface area contributed by atoms with E-state index in [0.29, 0.717) is 16.6 Å². The van der Waals surface area contributed by atoms with Gasteiger partial charge in [0.05, 0.1) is 13.2 Å². The van der Waals surface area contributed by atoms with Gasteiger partial charge in [0.15, 0.2) is 11.5 Å². The third-order valence-corrected chi connectivity index (χ3v) is 5.44. The summed E-state index contributed by atoms with van der Waals surface area (Å²) in [6, 6.07) is 15.2. The van der Waals surface area contributed by atoms with E-state index in [-0.39, 0.29) is 6.42 Å². The third kappa shape index (κ3) is 5.13. The average molecular weight is 423 g/mol. The van der Waals surface area contributed by atoms with Crippen molar-refractivity contribution in [2.75, 3.05) is 12.4 Å². The van der Waals surface area contributed by atoms with Crippen LogP contribution in [0, 0.1) is 24.2 Å². The summed E-state index contributed by atoms with van der Waals surface area (Å²) in [5, 5.41) is 21.3. The van der Waals surface area contributed by atoms with E-state index >= 15 is 0 Å². The number of nitriles is 1. The number of nitrogens with one attached hydrogen (secondary N) is 1. The van der Waals surface area contributed by atoms with Crippen molar-refractivity contribution in [3.8, 4) is 23.3 Å². The summed E-state index contributed by atoms with van der Waals surface area (Å²) < 4.78 is 11.4. The van der Waals surface area contributed by atoms with Crippen LogP contribution in [0.15, 0.2) is 42.5 Å². The molecule has 0 aliphatic carbocycles. The minimum Gasteiger partial charge on any atom is -0.493 e. The summed E-state index contributed by atoms with van der Waals surface area (Å²) in [4.78, 5) is 12.5. The van der Waals surface area contributed by atoms with Crippen LogP contribution in [0.5, 0.6) is 17.2 Å². The maximum atomic E-state index is 12.5. The van der Waals surface area contributed by atoms with Gasteiger partial charge in [0.25, 0.3) is 0 Å². The molecule has 0 fully saturated rings. The van der Waals surface area contributed by atoms with Crippen molar-refractivity contribution in [2.24, 2.45) is 5.92 Å². The number of methoxy groups -OCH3 is 1. The number of amides is 1. The molecule has 1 unspecified atom stereocenters. The number of hydrogen-bond acceptors (Lipinski definition) is 7. The van der Waals surface area contributed by atoms with Crippen molar-refractivity contribution in [3.63, 3.8) is 0 Å². The fourth-order valence-electron chi connectivity index (χ4n) is 2.78. The van der Waals surface area contributed by atoms with E-state index in [2.05, 4.69) is 21.6 Å². The first-order valence-corrected chi connectivity index (χ1v) is 10.3. The quantitative estimate of drug-likeness (QED) is 0.573. The SMILES string of the molecule is CCc1nnc(NC(=O)C(C#N)Cc2ccc(Oc3ccccc3C)c(OC)c2)s1. The Morgan fingerprint density at radius 2 is 2.00 bits per heavy atom. The first-order valence-electron chi connectivity index (χ1n) is 9.47. The maximum Gasteiger partial charge on any atom is 0.243 e. The minimum atomic E-state index is -0.869. The van der Waals surface area contributed by atoms with Crippen molar-refractivity contribution < 1.29 is 14.3 Å². The molecule has 0 bridgehead atoms. The maximum absolute atomic E-state index is 12.5. The van der Waals surface area contributed by atoms with Gasteiger partial charge in [0.1, 0.15) is 16.7 Å². The number of anilines is 1. The van der Waals surface area contributed by atoms with Crippen LogP contribution in [0.25, 0.3) is 0 Å². The van der Waals surface area contributed by atoms with E-state index in [4.69, 9.17) is 9.47 Å². The number of ether oxygens (including phenoxy) is 2. The summed E-state index contributed by atoms with van der Waals surface area (Å²) in [5.41, 5.74) is 1.80. The number of carbonyl (C=O) groups is 1. The van der Waals surface area contributed by atoms with Crippen molar-refractivity contribution in [3.05, 3.63) is 58.6 Å². The summed E-state index contributed by atoms with van der Waals surface area (Å²) >= 11 is 1.31. The first kappa shape index (κ1) is 21.3. The molecule has 0 saturated heterocycles. The summed E-state index contributed by atoms with van der Waals surface area (Å²) in [5.74, 6) is 0.558. The number of nitrogens with zero attached hydrogens (tertiary/aromatic N) is 3. The normalized spacial score (nSPS) is 11.4. The molecular formula is C22H22N4O3S. The number of benzene rings is 2. The molecule has 8 heteroatoms. The molecule has 1 aromatic heterocycles. The van der Waals surface area contributed by atoms with E-state index in [1.165, 1.54) is 11.3 Å². The summed E-state index contributed by atoms with van der Waals surface area (Å²) in [6.45, 7) is 3.93. The van der Waals surface area contributed by atoms with Crippen LogP contribution in [0.1, 0.15) is 23.1 Å². The Bertz CT molecular complexity index is 1070. The van der Waals surface area contributed by atoms with Gasteiger partial charge < -0.3 is 9.47 Å². The molecule has 3 aromatic rings. The molecule has 1 heterocycles. The van der Waals surface area contributed by atoms with Crippen LogP contribution < -0.4 is 14.8 Å². The molecule has 2 aromatic carbocycles. The predicted octanol–water partition coefficient (Wildman–Crippen LogP) is 4.53. The molecule has 0 saturated carbocycles. The zero-order valence-electron chi connectivity index (χ0n) is 17.0. The van der Waals surface area contributed by atoms with Crippen LogP contribution in [0.4, 0.5) is 5.13 Å². The number of aryl methyl sites for hydroxylation is 2. The average Bonchev–Trinajstić information content (AvgIpc) is 3.21. The molecular weight excluding hydrogens is 400 g/mol. The van der Waals surface area contributed by atoms with Crippen LogP contribution >= 0.6 is 11.3 Å². The van der Waals surface area contributed by atoms with Crippen molar-refractivity contribution in [2.45, 2.75) is 26.7 Å². The van der Waals surface area contributed by atoms with Gasteiger partial charge in [-0.15, -0.1) is 10.2 Å². The molecule has 1 N–H and O–H groups in total. The van der Waals surface area contributed by atoms with Crippen LogP contribution in [-0.4, -0.2) is 23.2 Å². The first-order chi connectivity index (χ1) is 14.5. The van der Waals surface area contributed by atoms with Gasteiger partial charge in [-0.2, -0.15) is 5.26 Å². The Hall–Kier alpha value is -3.44. The van der Waals surface area contributed by atoms with E-state index in [9.17, 15) is 10.1 Å². The minimum absolute atomic E-state index is 0.239. The lowest BCUT2D eigenvalue weighted by Crippen LogP contribution is -2.23. The molecule has 0 aliphatic heterocycles. The van der Waals surface area contributed by atoms with Crippen LogP contribution in [0.2, 0.25) is 0 Å². The highest BCUT2D eigenvalue weighted by molar-refractivity contribution is 7.15. The molecule has 1 atom stereocenters. The largest absolute Gasteiger partial charge is 0.493 e. The Labute approximate surface area is 179 Å². The van der Waals surface area contributed by atoms with Gasteiger partial charge in [0, 0.05) is 0 Å². The van der Waals surface area contributed by atoms with E-state index in [0.717, 1.165) is 28.3 Å². The molecule has 7 nitrogen and oxygen atoms in total. The van der Waals surface area contributed by atoms with Crippen molar-refractivity contribution >= 4 is 22.4 Å². The van der Waals surface area contributed by atoms with E-state index in [1.807, 2.05) is 44.2 Å². The van der Waals surface area contributed by atoms with Gasteiger partial charge >= 0.3 is 0 Å². The highest BCUT2D eigenvalue weighted by atomic mass is 32.1. The third-order valence-electron chi connectivity index (χ3n) is 4.45.